The second-order valence-electron chi connectivity index (χ2n) is 5.32. The first-order valence-electron chi connectivity index (χ1n) is 7.37. The molecule has 0 saturated carbocycles. The quantitative estimate of drug-likeness (QED) is 0.875. The van der Waals surface area contributed by atoms with Crippen LogP contribution in [0.2, 0.25) is 0 Å². The van der Waals surface area contributed by atoms with Gasteiger partial charge in [0.15, 0.2) is 0 Å². The van der Waals surface area contributed by atoms with E-state index in [0.717, 1.165) is 24.9 Å². The molecule has 0 amide bonds. The summed E-state index contributed by atoms with van der Waals surface area (Å²) < 4.78 is 5.36. The van der Waals surface area contributed by atoms with E-state index in [1.54, 1.807) is 0 Å². The van der Waals surface area contributed by atoms with Crippen molar-refractivity contribution in [3.8, 4) is 11.1 Å². The highest BCUT2D eigenvalue weighted by molar-refractivity contribution is 5.76. The number of nitrogens with one attached hydrogen (secondary N) is 1. The van der Waals surface area contributed by atoms with Gasteiger partial charge in [0.25, 0.3) is 0 Å². The first kappa shape index (κ1) is 13.8. The summed E-state index contributed by atoms with van der Waals surface area (Å²) >= 11 is 0. The third-order valence-corrected chi connectivity index (χ3v) is 3.79. The third kappa shape index (κ3) is 3.50. The summed E-state index contributed by atoms with van der Waals surface area (Å²) in [5, 5.41) is 3.15. The zero-order valence-corrected chi connectivity index (χ0v) is 11.9. The molecule has 3 nitrogen and oxygen atoms in total. The molecule has 1 saturated heterocycles. The number of esters is 1. The first-order valence-corrected chi connectivity index (χ1v) is 7.37. The van der Waals surface area contributed by atoms with Crippen LogP contribution in [0.1, 0.15) is 18.4 Å². The van der Waals surface area contributed by atoms with Crippen molar-refractivity contribution in [3.63, 3.8) is 0 Å². The lowest BCUT2D eigenvalue weighted by atomic mass is 10.0. The van der Waals surface area contributed by atoms with E-state index < -0.39 is 0 Å². The molecule has 1 unspecified atom stereocenters. The van der Waals surface area contributed by atoms with Crippen LogP contribution in [-0.4, -0.2) is 18.6 Å². The predicted molar refractivity (Wildman–Crippen MR) is 82.7 cm³/mol. The van der Waals surface area contributed by atoms with E-state index in [9.17, 15) is 4.79 Å². The van der Waals surface area contributed by atoms with Gasteiger partial charge < -0.3 is 10.1 Å². The molecule has 1 atom stereocenters. The average molecular weight is 281 g/mol. The van der Waals surface area contributed by atoms with Crippen molar-refractivity contribution in [1.29, 1.82) is 0 Å². The maximum atomic E-state index is 11.8. The van der Waals surface area contributed by atoms with Gasteiger partial charge in [0.05, 0.1) is 0 Å². The summed E-state index contributed by atoms with van der Waals surface area (Å²) in [6.07, 6.45) is 1.93. The maximum absolute atomic E-state index is 11.8. The van der Waals surface area contributed by atoms with Gasteiger partial charge in [0.2, 0.25) is 0 Å². The van der Waals surface area contributed by atoms with Crippen LogP contribution in [-0.2, 0) is 16.1 Å². The Hall–Kier alpha value is -2.13. The summed E-state index contributed by atoms with van der Waals surface area (Å²) in [7, 11) is 0. The highest BCUT2D eigenvalue weighted by Gasteiger charge is 2.23. The molecule has 3 rings (SSSR count). The van der Waals surface area contributed by atoms with Gasteiger partial charge in [-0.15, -0.1) is 0 Å². The Morgan fingerprint density at radius 1 is 1.05 bits per heavy atom. The molecule has 108 valence electrons. The van der Waals surface area contributed by atoms with Crippen LogP contribution < -0.4 is 5.32 Å². The van der Waals surface area contributed by atoms with Gasteiger partial charge in [-0.1, -0.05) is 54.6 Å². The molecule has 3 heteroatoms. The van der Waals surface area contributed by atoms with Crippen LogP contribution in [0.4, 0.5) is 0 Å². The molecule has 21 heavy (non-hydrogen) atoms. The van der Waals surface area contributed by atoms with Crippen LogP contribution in [0.25, 0.3) is 11.1 Å². The molecule has 1 heterocycles. The first-order chi connectivity index (χ1) is 10.3. The molecule has 1 aliphatic heterocycles. The Morgan fingerprint density at radius 2 is 1.76 bits per heavy atom. The molecule has 1 aliphatic rings. The van der Waals surface area contributed by atoms with Crippen molar-refractivity contribution in [1.82, 2.24) is 5.32 Å². The van der Waals surface area contributed by atoms with Gasteiger partial charge in [0, 0.05) is 0 Å². The lowest BCUT2D eigenvalue weighted by Gasteiger charge is -2.10. The topological polar surface area (TPSA) is 38.3 Å². The van der Waals surface area contributed by atoms with Crippen LogP contribution >= 0.6 is 0 Å². The summed E-state index contributed by atoms with van der Waals surface area (Å²) in [5.41, 5.74) is 3.38. The van der Waals surface area contributed by atoms with Crippen molar-refractivity contribution in [2.24, 2.45) is 0 Å². The second kappa shape index (κ2) is 6.55. The van der Waals surface area contributed by atoms with Crippen molar-refractivity contribution in [3.05, 3.63) is 60.2 Å². The standard InChI is InChI=1S/C18H19NO2/c20-18(17-7-4-12-19-17)21-13-14-8-10-16(11-9-14)15-5-2-1-3-6-15/h1-3,5-6,8-11,17,19H,4,7,12-13H2. The van der Waals surface area contributed by atoms with Crippen LogP contribution in [0.3, 0.4) is 0 Å². The highest BCUT2D eigenvalue weighted by Crippen LogP contribution is 2.19. The molecule has 2 aromatic rings. The van der Waals surface area contributed by atoms with Crippen molar-refractivity contribution < 1.29 is 9.53 Å². The van der Waals surface area contributed by atoms with Crippen LogP contribution in [0.5, 0.6) is 0 Å². The Labute approximate surface area is 124 Å². The summed E-state index contributed by atoms with van der Waals surface area (Å²) in [5.74, 6) is -0.139. The van der Waals surface area contributed by atoms with Gasteiger partial charge >= 0.3 is 5.97 Å². The normalized spacial score (nSPS) is 17.6. The van der Waals surface area contributed by atoms with E-state index in [4.69, 9.17) is 4.74 Å². The summed E-state index contributed by atoms with van der Waals surface area (Å²) in [6, 6.07) is 18.3. The van der Waals surface area contributed by atoms with E-state index in [1.807, 2.05) is 30.3 Å². The number of carbonyl (C=O) groups excluding carboxylic acids is 1. The number of hydrogen-bond acceptors (Lipinski definition) is 3. The minimum absolute atomic E-state index is 0.117. The second-order valence-corrected chi connectivity index (χ2v) is 5.32. The monoisotopic (exact) mass is 281 g/mol. The van der Waals surface area contributed by atoms with Crippen LogP contribution in [0.15, 0.2) is 54.6 Å². The van der Waals surface area contributed by atoms with Crippen LogP contribution in [0, 0.1) is 0 Å². The Bertz CT molecular complexity index is 586. The van der Waals surface area contributed by atoms with Gasteiger partial charge in [-0.3, -0.25) is 4.79 Å². The van der Waals surface area contributed by atoms with Gasteiger partial charge in [0.1, 0.15) is 12.6 Å². The minimum atomic E-state index is -0.139. The average Bonchev–Trinajstić information content (AvgIpc) is 3.08. The van der Waals surface area contributed by atoms with Gasteiger partial charge in [-0.05, 0) is 36.1 Å². The third-order valence-electron chi connectivity index (χ3n) is 3.79. The van der Waals surface area contributed by atoms with E-state index >= 15 is 0 Å². The molecule has 1 fully saturated rings. The SMILES string of the molecule is O=C(OCc1ccc(-c2ccccc2)cc1)C1CCCN1. The number of rotatable bonds is 4. The molecule has 0 bridgehead atoms. The molecule has 0 aliphatic carbocycles. The molecule has 0 aromatic heterocycles. The zero-order valence-electron chi connectivity index (χ0n) is 11.9. The molecule has 1 N–H and O–H groups in total. The molecule has 0 radical (unpaired) electrons. The molecule has 0 spiro atoms. The largest absolute Gasteiger partial charge is 0.460 e. The summed E-state index contributed by atoms with van der Waals surface area (Å²) in [6.45, 7) is 1.25. The molecular weight excluding hydrogens is 262 g/mol. The number of ether oxygens (including phenoxy) is 1. The van der Waals surface area contributed by atoms with Crippen molar-refractivity contribution in [2.45, 2.75) is 25.5 Å². The van der Waals surface area contributed by atoms with Gasteiger partial charge in [-0.25, -0.2) is 0 Å². The van der Waals surface area contributed by atoms with Crippen molar-refractivity contribution in [2.75, 3.05) is 6.54 Å². The Morgan fingerprint density at radius 3 is 2.43 bits per heavy atom. The zero-order chi connectivity index (χ0) is 14.5. The molecule has 2 aromatic carbocycles. The summed E-state index contributed by atoms with van der Waals surface area (Å²) in [4.78, 5) is 11.8. The lowest BCUT2D eigenvalue weighted by molar-refractivity contribution is -0.147. The Kier molecular flexibility index (Phi) is 4.31. The van der Waals surface area contributed by atoms with E-state index in [1.165, 1.54) is 11.1 Å². The lowest BCUT2D eigenvalue weighted by Crippen LogP contribution is -2.32. The fourth-order valence-corrected chi connectivity index (χ4v) is 2.56. The van der Waals surface area contributed by atoms with Gasteiger partial charge in [-0.2, -0.15) is 0 Å². The van der Waals surface area contributed by atoms with E-state index in [-0.39, 0.29) is 12.0 Å². The number of hydrogen-bond donors (Lipinski definition) is 1. The highest BCUT2D eigenvalue weighted by atomic mass is 16.5. The van der Waals surface area contributed by atoms with E-state index in [2.05, 4.69) is 29.6 Å². The maximum Gasteiger partial charge on any atom is 0.323 e. The smallest absolute Gasteiger partial charge is 0.323 e. The minimum Gasteiger partial charge on any atom is -0.460 e. The predicted octanol–water partition coefficient (Wildman–Crippen LogP) is 3.15. The fraction of sp³-hybridized carbons (Fsp3) is 0.278. The van der Waals surface area contributed by atoms with E-state index in [0.29, 0.717) is 6.61 Å². The number of benzene rings is 2. The number of carbonyl (C=O) groups is 1. The fourth-order valence-electron chi connectivity index (χ4n) is 2.56. The Balaban J connectivity index is 1.58. The molecular formula is C18H19NO2. The van der Waals surface area contributed by atoms with Crippen molar-refractivity contribution >= 4 is 5.97 Å².